The van der Waals surface area contributed by atoms with E-state index in [-0.39, 0.29) is 22.6 Å². The van der Waals surface area contributed by atoms with E-state index in [0.717, 1.165) is 12.8 Å². The number of benzene rings is 1. The first kappa shape index (κ1) is 18.6. The molecule has 7 nitrogen and oxygen atoms in total. The molecular formula is C18H24N4O3. The second kappa shape index (κ2) is 7.46. The number of nitro benzene ring substituents is 1. The lowest BCUT2D eigenvalue weighted by atomic mass is 9.85. The van der Waals surface area contributed by atoms with Crippen LogP contribution in [0.1, 0.15) is 56.5 Å². The van der Waals surface area contributed by atoms with Crippen molar-refractivity contribution in [2.45, 2.75) is 52.5 Å². The van der Waals surface area contributed by atoms with E-state index in [2.05, 4.69) is 17.3 Å². The SMILES string of the molecule is CCCCn1nccc1NC(=O)c1ccc(C(C)(C)C)c([N+](=O)[O-])c1. The molecule has 1 heterocycles. The zero-order valence-electron chi connectivity index (χ0n) is 15.1. The van der Waals surface area contributed by atoms with Crippen LogP contribution in [-0.4, -0.2) is 20.6 Å². The average Bonchev–Trinajstić information content (AvgIpc) is 2.98. The third-order valence-electron chi connectivity index (χ3n) is 3.95. The first-order chi connectivity index (χ1) is 11.7. The summed E-state index contributed by atoms with van der Waals surface area (Å²) in [7, 11) is 0. The molecule has 7 heteroatoms. The number of hydrogen-bond donors (Lipinski definition) is 1. The van der Waals surface area contributed by atoms with Gasteiger partial charge in [-0.3, -0.25) is 14.9 Å². The highest BCUT2D eigenvalue weighted by Crippen LogP contribution is 2.32. The van der Waals surface area contributed by atoms with Crippen molar-refractivity contribution < 1.29 is 9.72 Å². The summed E-state index contributed by atoms with van der Waals surface area (Å²) >= 11 is 0. The number of aryl methyl sites for hydroxylation is 1. The Morgan fingerprint density at radius 3 is 2.64 bits per heavy atom. The number of unbranched alkanes of at least 4 members (excludes halogenated alkanes) is 1. The maximum absolute atomic E-state index is 12.5. The summed E-state index contributed by atoms with van der Waals surface area (Å²) in [6, 6.07) is 6.32. The van der Waals surface area contributed by atoms with Gasteiger partial charge in [0.2, 0.25) is 0 Å². The van der Waals surface area contributed by atoms with Crippen LogP contribution >= 0.6 is 0 Å². The number of aromatic nitrogens is 2. The van der Waals surface area contributed by atoms with Crippen LogP contribution in [0.15, 0.2) is 30.5 Å². The van der Waals surface area contributed by atoms with Crippen LogP contribution in [-0.2, 0) is 12.0 Å². The van der Waals surface area contributed by atoms with Crippen molar-refractivity contribution in [2.24, 2.45) is 0 Å². The molecule has 0 radical (unpaired) electrons. The smallest absolute Gasteiger partial charge is 0.273 e. The lowest BCUT2D eigenvalue weighted by Gasteiger charge is -2.19. The second-order valence-corrected chi connectivity index (χ2v) is 6.99. The highest BCUT2D eigenvalue weighted by molar-refractivity contribution is 6.04. The Hall–Kier alpha value is -2.70. The number of nitro groups is 1. The van der Waals surface area contributed by atoms with Gasteiger partial charge in [-0.25, -0.2) is 4.68 Å². The molecule has 0 aliphatic carbocycles. The number of amides is 1. The minimum atomic E-state index is -0.442. The Kier molecular flexibility index (Phi) is 5.56. The van der Waals surface area contributed by atoms with Gasteiger partial charge in [-0.2, -0.15) is 5.10 Å². The van der Waals surface area contributed by atoms with Crippen LogP contribution in [0.25, 0.3) is 0 Å². The van der Waals surface area contributed by atoms with Crippen molar-refractivity contribution >= 4 is 17.4 Å². The summed E-state index contributed by atoms with van der Waals surface area (Å²) in [6.45, 7) is 8.50. The highest BCUT2D eigenvalue weighted by atomic mass is 16.6. The van der Waals surface area contributed by atoms with E-state index in [1.54, 1.807) is 29.1 Å². The number of rotatable bonds is 6. The molecule has 0 spiro atoms. The molecule has 25 heavy (non-hydrogen) atoms. The molecule has 1 amide bonds. The van der Waals surface area contributed by atoms with Crippen molar-refractivity contribution in [1.82, 2.24) is 9.78 Å². The Bertz CT molecular complexity index is 775. The summed E-state index contributed by atoms with van der Waals surface area (Å²) in [6.07, 6.45) is 3.60. The maximum Gasteiger partial charge on any atom is 0.273 e. The minimum absolute atomic E-state index is 0.0420. The standard InChI is InChI=1S/C18H24N4O3/c1-5-6-11-21-16(9-10-19-21)20-17(23)13-7-8-14(18(2,3)4)15(12-13)22(24)25/h7-10,12H,5-6,11H2,1-4H3,(H,20,23). The number of anilines is 1. The van der Waals surface area contributed by atoms with E-state index < -0.39 is 4.92 Å². The molecular weight excluding hydrogens is 320 g/mol. The average molecular weight is 344 g/mol. The van der Waals surface area contributed by atoms with Gasteiger partial charge in [-0.05, 0) is 17.9 Å². The minimum Gasteiger partial charge on any atom is -0.307 e. The van der Waals surface area contributed by atoms with E-state index in [9.17, 15) is 14.9 Å². The predicted molar refractivity (Wildman–Crippen MR) is 96.9 cm³/mol. The lowest BCUT2D eigenvalue weighted by Crippen LogP contribution is -2.18. The highest BCUT2D eigenvalue weighted by Gasteiger charge is 2.26. The molecule has 0 aliphatic heterocycles. The van der Waals surface area contributed by atoms with Crippen LogP contribution in [0.5, 0.6) is 0 Å². The first-order valence-corrected chi connectivity index (χ1v) is 8.36. The molecule has 0 bridgehead atoms. The Balaban J connectivity index is 2.27. The third-order valence-corrected chi connectivity index (χ3v) is 3.95. The molecule has 0 unspecified atom stereocenters. The zero-order valence-corrected chi connectivity index (χ0v) is 15.1. The Labute approximate surface area is 147 Å². The Morgan fingerprint density at radius 2 is 2.04 bits per heavy atom. The molecule has 0 atom stereocenters. The monoisotopic (exact) mass is 344 g/mol. The zero-order chi connectivity index (χ0) is 18.6. The largest absolute Gasteiger partial charge is 0.307 e. The van der Waals surface area contributed by atoms with Crippen molar-refractivity contribution in [1.29, 1.82) is 0 Å². The molecule has 0 aliphatic rings. The topological polar surface area (TPSA) is 90.1 Å². The van der Waals surface area contributed by atoms with Gasteiger partial charge in [0, 0.05) is 29.8 Å². The van der Waals surface area contributed by atoms with Gasteiger partial charge in [0.25, 0.3) is 11.6 Å². The first-order valence-electron chi connectivity index (χ1n) is 8.36. The molecule has 1 aromatic carbocycles. The van der Waals surface area contributed by atoms with Crippen LogP contribution in [0.2, 0.25) is 0 Å². The fraction of sp³-hybridized carbons (Fsp3) is 0.444. The van der Waals surface area contributed by atoms with Crippen molar-refractivity contribution in [3.8, 4) is 0 Å². The molecule has 134 valence electrons. The normalized spacial score (nSPS) is 11.4. The van der Waals surface area contributed by atoms with Crippen molar-refractivity contribution in [3.63, 3.8) is 0 Å². The van der Waals surface area contributed by atoms with Gasteiger partial charge in [-0.15, -0.1) is 0 Å². The molecule has 0 saturated carbocycles. The lowest BCUT2D eigenvalue weighted by molar-refractivity contribution is -0.386. The summed E-state index contributed by atoms with van der Waals surface area (Å²) in [5.41, 5.74) is 0.431. The maximum atomic E-state index is 12.5. The van der Waals surface area contributed by atoms with E-state index in [1.165, 1.54) is 6.07 Å². The van der Waals surface area contributed by atoms with Gasteiger partial charge in [-0.1, -0.05) is 40.2 Å². The molecule has 2 rings (SSSR count). The van der Waals surface area contributed by atoms with E-state index in [1.807, 2.05) is 20.8 Å². The quantitative estimate of drug-likeness (QED) is 0.630. The predicted octanol–water partition coefficient (Wildman–Crippen LogP) is 4.14. The molecule has 2 aromatic rings. The Morgan fingerprint density at radius 1 is 1.32 bits per heavy atom. The van der Waals surface area contributed by atoms with Gasteiger partial charge in [0.15, 0.2) is 0 Å². The van der Waals surface area contributed by atoms with Crippen molar-refractivity contribution in [2.75, 3.05) is 5.32 Å². The van der Waals surface area contributed by atoms with Crippen LogP contribution in [0.4, 0.5) is 11.5 Å². The molecule has 0 saturated heterocycles. The van der Waals surface area contributed by atoms with Gasteiger partial charge in [0.05, 0.1) is 11.1 Å². The number of carbonyl (C=O) groups excluding carboxylic acids is 1. The fourth-order valence-corrected chi connectivity index (χ4v) is 2.57. The van der Waals surface area contributed by atoms with E-state index >= 15 is 0 Å². The summed E-state index contributed by atoms with van der Waals surface area (Å²) in [5, 5.41) is 18.4. The van der Waals surface area contributed by atoms with Gasteiger partial charge < -0.3 is 5.32 Å². The van der Waals surface area contributed by atoms with Crippen LogP contribution in [0, 0.1) is 10.1 Å². The molecule has 1 N–H and O–H groups in total. The summed E-state index contributed by atoms with van der Waals surface area (Å²) < 4.78 is 1.72. The number of carbonyl (C=O) groups is 1. The van der Waals surface area contributed by atoms with Gasteiger partial charge >= 0.3 is 0 Å². The third kappa shape index (κ3) is 4.43. The molecule has 1 aromatic heterocycles. The number of hydrogen-bond acceptors (Lipinski definition) is 4. The van der Waals surface area contributed by atoms with E-state index in [4.69, 9.17) is 0 Å². The van der Waals surface area contributed by atoms with Crippen molar-refractivity contribution in [3.05, 3.63) is 51.7 Å². The second-order valence-electron chi connectivity index (χ2n) is 6.99. The molecule has 0 fully saturated rings. The number of nitrogens with zero attached hydrogens (tertiary/aromatic N) is 3. The van der Waals surface area contributed by atoms with Gasteiger partial charge in [0.1, 0.15) is 5.82 Å². The van der Waals surface area contributed by atoms with Crippen LogP contribution < -0.4 is 5.32 Å². The van der Waals surface area contributed by atoms with Crippen LogP contribution in [0.3, 0.4) is 0 Å². The summed E-state index contributed by atoms with van der Waals surface area (Å²) in [4.78, 5) is 23.4. The fourth-order valence-electron chi connectivity index (χ4n) is 2.57. The number of nitrogens with one attached hydrogen (secondary N) is 1. The van der Waals surface area contributed by atoms with E-state index in [0.29, 0.717) is 17.9 Å². The summed E-state index contributed by atoms with van der Waals surface area (Å²) in [5.74, 6) is 0.197.